The van der Waals surface area contributed by atoms with Gasteiger partial charge in [0.15, 0.2) is 0 Å². The molecule has 0 aliphatic rings. The van der Waals surface area contributed by atoms with Crippen LogP contribution < -0.4 is 0 Å². The van der Waals surface area contributed by atoms with Gasteiger partial charge in [0, 0.05) is 6.42 Å². The summed E-state index contributed by atoms with van der Waals surface area (Å²) in [6, 6.07) is 2.07. The third-order valence-corrected chi connectivity index (χ3v) is 2.69. The summed E-state index contributed by atoms with van der Waals surface area (Å²) < 4.78 is 1.15. The van der Waals surface area contributed by atoms with Crippen LogP contribution in [0.3, 0.4) is 0 Å². The Morgan fingerprint density at radius 2 is 2.50 bits per heavy atom. The highest BCUT2D eigenvalue weighted by Gasteiger charge is 1.96. The summed E-state index contributed by atoms with van der Waals surface area (Å²) in [6.07, 6.45) is 0.881. The maximum Gasteiger partial charge on any atom is 0.218 e. The van der Waals surface area contributed by atoms with Crippen LogP contribution in [0.1, 0.15) is 5.56 Å². The number of hydrogen-bond acceptors (Lipinski definition) is 1. The second-order valence-electron chi connectivity index (χ2n) is 1.89. The fourth-order valence-corrected chi connectivity index (χ4v) is 1.91. The molecule has 3 heteroatoms. The summed E-state index contributed by atoms with van der Waals surface area (Å²) >= 11 is 5.03. The largest absolute Gasteiger partial charge is 0.317 e. The predicted octanol–water partition coefficient (Wildman–Crippen LogP) is 2.97. The van der Waals surface area contributed by atoms with E-state index in [2.05, 4.69) is 32.2 Å². The van der Waals surface area contributed by atoms with E-state index in [1.165, 1.54) is 5.56 Å². The summed E-state index contributed by atoms with van der Waals surface area (Å²) in [5, 5.41) is 2.08. The average molecular weight is 216 g/mol. The molecule has 0 saturated carbocycles. The van der Waals surface area contributed by atoms with Crippen molar-refractivity contribution in [3.05, 3.63) is 32.2 Å². The van der Waals surface area contributed by atoms with Gasteiger partial charge in [0.25, 0.3) is 0 Å². The third kappa shape index (κ3) is 2.13. The third-order valence-electron chi connectivity index (χ3n) is 1.13. The van der Waals surface area contributed by atoms with Gasteiger partial charge in [0.05, 0.1) is 3.79 Å². The maximum atomic E-state index is 6.58. The summed E-state index contributed by atoms with van der Waals surface area (Å²) in [4.78, 5) is 3.28. The Balaban J connectivity index is 2.52. The van der Waals surface area contributed by atoms with Crippen molar-refractivity contribution in [2.24, 2.45) is 0 Å². The lowest BCUT2D eigenvalue weighted by molar-refractivity contribution is 1.09. The molecule has 52 valence electrons. The molecule has 1 aromatic heterocycles. The van der Waals surface area contributed by atoms with E-state index in [1.54, 1.807) is 11.3 Å². The van der Waals surface area contributed by atoms with Gasteiger partial charge >= 0.3 is 0 Å². The molecule has 0 aromatic carbocycles. The van der Waals surface area contributed by atoms with E-state index in [1.807, 2.05) is 0 Å². The van der Waals surface area contributed by atoms with Crippen LogP contribution in [-0.2, 0) is 6.42 Å². The predicted molar refractivity (Wildman–Crippen MR) is 47.2 cm³/mol. The van der Waals surface area contributed by atoms with E-state index in [0.29, 0.717) is 6.54 Å². The minimum Gasteiger partial charge on any atom is -0.317 e. The van der Waals surface area contributed by atoms with E-state index in [9.17, 15) is 0 Å². The molecule has 0 N–H and O–H groups in total. The van der Waals surface area contributed by atoms with Crippen LogP contribution in [0, 0.1) is 6.57 Å². The van der Waals surface area contributed by atoms with Gasteiger partial charge in [-0.1, -0.05) is 0 Å². The number of nitrogens with zero attached hydrogens (tertiary/aromatic N) is 1. The Kier molecular flexibility index (Phi) is 2.91. The molecule has 0 atom stereocenters. The maximum absolute atomic E-state index is 6.58. The molecule has 0 spiro atoms. The lowest BCUT2D eigenvalue weighted by atomic mass is 10.2. The van der Waals surface area contributed by atoms with Crippen LogP contribution in [-0.4, -0.2) is 6.54 Å². The first-order chi connectivity index (χ1) is 4.83. The first-order valence-corrected chi connectivity index (χ1v) is 4.56. The van der Waals surface area contributed by atoms with Crippen molar-refractivity contribution < 1.29 is 0 Å². The van der Waals surface area contributed by atoms with Crippen molar-refractivity contribution >= 4 is 27.3 Å². The smallest absolute Gasteiger partial charge is 0.218 e. The fraction of sp³-hybridized carbons (Fsp3) is 0.286. The Labute approximate surface area is 72.6 Å². The highest BCUT2D eigenvalue weighted by atomic mass is 79.9. The normalized spacial score (nSPS) is 9.20. The van der Waals surface area contributed by atoms with Crippen LogP contribution in [0.4, 0.5) is 0 Å². The van der Waals surface area contributed by atoms with Gasteiger partial charge in [-0.2, -0.15) is 0 Å². The second kappa shape index (κ2) is 3.75. The zero-order valence-electron chi connectivity index (χ0n) is 5.30. The number of hydrogen-bond donors (Lipinski definition) is 0. The van der Waals surface area contributed by atoms with Gasteiger partial charge < -0.3 is 4.85 Å². The molecule has 0 aliphatic carbocycles. The standard InChI is InChI=1S/C7H6BrNS/c1-9-3-2-6-4-7(8)10-5-6/h4-5H,2-3H2. The molecular weight excluding hydrogens is 210 g/mol. The minimum atomic E-state index is 0.600. The Morgan fingerprint density at radius 1 is 1.70 bits per heavy atom. The van der Waals surface area contributed by atoms with Gasteiger partial charge in [-0.05, 0) is 32.9 Å². The van der Waals surface area contributed by atoms with Gasteiger partial charge in [0.2, 0.25) is 6.54 Å². The lowest BCUT2D eigenvalue weighted by Gasteiger charge is -1.83. The van der Waals surface area contributed by atoms with Crippen LogP contribution >= 0.6 is 27.3 Å². The zero-order valence-corrected chi connectivity index (χ0v) is 7.70. The molecular formula is C7H6BrNS. The van der Waals surface area contributed by atoms with E-state index in [4.69, 9.17) is 6.57 Å². The minimum absolute atomic E-state index is 0.600. The number of halogens is 1. The van der Waals surface area contributed by atoms with Crippen LogP contribution in [0.15, 0.2) is 15.2 Å². The van der Waals surface area contributed by atoms with Crippen LogP contribution in [0.25, 0.3) is 4.85 Å². The highest BCUT2D eigenvalue weighted by Crippen LogP contribution is 2.20. The molecule has 0 saturated heterocycles. The topological polar surface area (TPSA) is 4.36 Å². The molecule has 0 radical (unpaired) electrons. The Hall–Kier alpha value is -0.330. The first-order valence-electron chi connectivity index (χ1n) is 2.89. The average Bonchev–Trinajstić information content (AvgIpc) is 2.31. The monoisotopic (exact) mass is 215 g/mol. The van der Waals surface area contributed by atoms with Gasteiger partial charge in [-0.25, -0.2) is 6.57 Å². The summed E-state index contributed by atoms with van der Waals surface area (Å²) in [5.74, 6) is 0. The quantitative estimate of drug-likeness (QED) is 0.669. The van der Waals surface area contributed by atoms with Gasteiger partial charge in [-0.3, -0.25) is 0 Å². The van der Waals surface area contributed by atoms with Crippen molar-refractivity contribution in [3.8, 4) is 0 Å². The molecule has 1 nitrogen and oxygen atoms in total. The zero-order chi connectivity index (χ0) is 7.40. The van der Waals surface area contributed by atoms with E-state index < -0.39 is 0 Å². The SMILES string of the molecule is [C-]#[N+]CCc1csc(Br)c1. The van der Waals surface area contributed by atoms with Crippen LogP contribution in [0.2, 0.25) is 0 Å². The molecule has 0 unspecified atom stereocenters. The van der Waals surface area contributed by atoms with Gasteiger partial charge in [-0.15, -0.1) is 11.3 Å². The molecule has 1 aromatic rings. The molecule has 1 heterocycles. The number of rotatable bonds is 2. The Bertz CT molecular complexity index is 248. The van der Waals surface area contributed by atoms with Crippen molar-refractivity contribution in [2.75, 3.05) is 6.54 Å². The molecule has 10 heavy (non-hydrogen) atoms. The number of thiophene rings is 1. The van der Waals surface area contributed by atoms with E-state index >= 15 is 0 Å². The first kappa shape index (κ1) is 7.77. The molecule has 1 rings (SSSR count). The summed E-state index contributed by atoms with van der Waals surface area (Å²) in [5.41, 5.74) is 1.26. The molecule has 0 fully saturated rings. The van der Waals surface area contributed by atoms with Crippen molar-refractivity contribution in [1.29, 1.82) is 0 Å². The summed E-state index contributed by atoms with van der Waals surface area (Å²) in [6.45, 7) is 7.18. The lowest BCUT2D eigenvalue weighted by Crippen LogP contribution is -1.81. The van der Waals surface area contributed by atoms with Crippen molar-refractivity contribution in [1.82, 2.24) is 0 Å². The fourth-order valence-electron chi connectivity index (χ4n) is 0.662. The van der Waals surface area contributed by atoms with E-state index in [0.717, 1.165) is 10.2 Å². The molecule has 0 amide bonds. The molecule has 0 bridgehead atoms. The van der Waals surface area contributed by atoms with Crippen LogP contribution in [0.5, 0.6) is 0 Å². The summed E-state index contributed by atoms with van der Waals surface area (Å²) in [7, 11) is 0. The second-order valence-corrected chi connectivity index (χ2v) is 4.18. The Morgan fingerprint density at radius 3 is 3.00 bits per heavy atom. The van der Waals surface area contributed by atoms with Gasteiger partial charge in [0.1, 0.15) is 0 Å². The molecule has 0 aliphatic heterocycles. The highest BCUT2D eigenvalue weighted by molar-refractivity contribution is 9.11. The van der Waals surface area contributed by atoms with Crippen molar-refractivity contribution in [2.45, 2.75) is 6.42 Å². The van der Waals surface area contributed by atoms with E-state index in [-0.39, 0.29) is 0 Å². The van der Waals surface area contributed by atoms with Crippen molar-refractivity contribution in [3.63, 3.8) is 0 Å².